The number of amides is 6. The van der Waals surface area contributed by atoms with Crippen LogP contribution in [-0.4, -0.2) is 149 Å². The molecule has 19 aromatic carbocycles. The molecule has 19 aromatic rings. The maximum Gasteiger partial charge on any atom is 0.222 e. The lowest BCUT2D eigenvalue weighted by Crippen LogP contribution is -2.21. The third kappa shape index (κ3) is 19.7. The zero-order valence-corrected chi connectivity index (χ0v) is 86.7. The van der Waals surface area contributed by atoms with Crippen molar-refractivity contribution in [3.05, 3.63) is 249 Å². The van der Waals surface area contributed by atoms with E-state index < -0.39 is 69.8 Å². The SMILES string of the molecule is CN(C)C(=O)CCCCCc1cc(F)c(-c2cc3c4cc(-c5cc(F)c(CCCCCC(=O)N(C)C)cc5F)cc5c6cc(-c7cc(F)c(CCCCCC(=O)N(C)C)cc7F)cc7c8cc(-c9cc(F)c(CCCCCC(=O)N(C)C)cc9F)cc9c%10cc(-c%11cc(F)c(CCCCCC(=O)N(C)C)cc%11F)cc%11c%12cc(-c%13cc(F)c(CCCCCC(=O)N(C)C)cc%13F)cc%13c(c2)c3c2c(c45)c(c67)c(c89)c(c%11%10)c2c%13%12)cc1F. The summed E-state index contributed by atoms with van der Waals surface area (Å²) in [6, 6.07) is 34.5. The third-order valence-corrected chi connectivity index (χ3v) is 31.3. The highest BCUT2D eigenvalue weighted by Gasteiger charge is 2.37. The van der Waals surface area contributed by atoms with Gasteiger partial charge in [0, 0.05) is 156 Å². The average Bonchev–Trinajstić information content (AvgIpc) is 0.638. The van der Waals surface area contributed by atoms with Crippen molar-refractivity contribution >= 4 is 165 Å². The molecule has 0 aliphatic rings. The Kier molecular flexibility index (Phi) is 29.7. The molecule has 0 saturated heterocycles. The van der Waals surface area contributed by atoms with Crippen LogP contribution in [0, 0.1) is 69.8 Å². The summed E-state index contributed by atoms with van der Waals surface area (Å²) in [7, 11) is 19.9. The molecule has 774 valence electrons. The highest BCUT2D eigenvalue weighted by molar-refractivity contribution is 6.62. The van der Waals surface area contributed by atoms with Crippen LogP contribution in [0.25, 0.3) is 196 Å². The minimum atomic E-state index is -0.837. The van der Waals surface area contributed by atoms with Crippen LogP contribution in [0.5, 0.6) is 0 Å². The highest BCUT2D eigenvalue weighted by atomic mass is 19.2. The van der Waals surface area contributed by atoms with E-state index in [2.05, 4.69) is 0 Å². The number of fused-ring (bicyclic) bond motifs is 6. The summed E-state index contributed by atoms with van der Waals surface area (Å²) in [4.78, 5) is 85.0. The molecule has 0 aliphatic carbocycles. The third-order valence-electron chi connectivity index (χ3n) is 31.3. The Bertz CT molecular complexity index is 7080. The molecular weight excluding hydrogens is 1920 g/mol. The van der Waals surface area contributed by atoms with Gasteiger partial charge in [0.25, 0.3) is 0 Å². The molecule has 0 radical (unpaired) electrons. The second-order valence-electron chi connectivity index (χ2n) is 42.6. The Labute approximate surface area is 863 Å². The van der Waals surface area contributed by atoms with Crippen molar-refractivity contribution in [3.8, 4) is 66.8 Å². The number of nitrogens with zero attached hydrogens (tertiary/aromatic N) is 6. The van der Waals surface area contributed by atoms with Crippen molar-refractivity contribution in [1.82, 2.24) is 29.4 Å². The number of benzene rings is 19. The summed E-state index contributed by atoms with van der Waals surface area (Å²) in [5, 5.41) is 10.7. The van der Waals surface area contributed by atoms with Gasteiger partial charge in [0.15, 0.2) is 0 Å². The Hall–Kier alpha value is -14.2. The fourth-order valence-electron chi connectivity index (χ4n) is 23.2. The summed E-state index contributed by atoms with van der Waals surface area (Å²) < 4.78 is 217. The number of carbonyl (C=O) groups is 6. The molecule has 0 saturated carbocycles. The lowest BCUT2D eigenvalue weighted by atomic mass is 9.72. The molecule has 0 atom stereocenters. The number of halogens is 12. The average molecular weight is 2040 g/mol. The molecule has 0 N–H and O–H groups in total. The lowest BCUT2D eigenvalue weighted by Gasteiger charge is -2.30. The van der Waals surface area contributed by atoms with E-state index in [0.717, 1.165) is 72.8 Å². The number of carbonyl (C=O) groups excluding carboxylic acids is 6. The number of rotatable bonds is 42. The van der Waals surface area contributed by atoms with E-state index in [9.17, 15) is 28.8 Å². The Morgan fingerprint density at radius 1 is 0.153 bits per heavy atom. The molecule has 19 rings (SSSR count). The van der Waals surface area contributed by atoms with Crippen LogP contribution in [0.1, 0.15) is 187 Å². The van der Waals surface area contributed by atoms with E-state index in [0.29, 0.717) is 245 Å². The topological polar surface area (TPSA) is 122 Å². The molecule has 0 aliphatic heterocycles. The number of hydrogen-bond donors (Lipinski definition) is 0. The van der Waals surface area contributed by atoms with Crippen molar-refractivity contribution in [2.24, 2.45) is 0 Å². The van der Waals surface area contributed by atoms with Gasteiger partial charge in [-0.1, -0.05) is 38.5 Å². The summed E-state index contributed by atoms with van der Waals surface area (Å²) in [6.45, 7) is 0. The summed E-state index contributed by atoms with van der Waals surface area (Å²) in [5.74, 6) is -10.1. The number of unbranched alkanes of at least 4 members (excludes halogenated alkanes) is 12. The number of hydrogen-bond acceptors (Lipinski definition) is 6. The van der Waals surface area contributed by atoms with Crippen molar-refractivity contribution in [3.63, 3.8) is 0 Å². The molecule has 0 heterocycles. The van der Waals surface area contributed by atoms with Crippen molar-refractivity contribution in [2.45, 2.75) is 193 Å². The second kappa shape index (κ2) is 42.7. The van der Waals surface area contributed by atoms with Gasteiger partial charge < -0.3 is 29.4 Å². The Morgan fingerprint density at radius 2 is 0.273 bits per heavy atom. The van der Waals surface area contributed by atoms with E-state index in [4.69, 9.17) is 0 Å². The molecule has 0 spiro atoms. The summed E-state index contributed by atoms with van der Waals surface area (Å²) >= 11 is 0. The Morgan fingerprint density at radius 3 is 0.387 bits per heavy atom. The monoisotopic (exact) mass is 2040 g/mol. The molecule has 24 heteroatoms. The quantitative estimate of drug-likeness (QED) is 0.0163. The van der Waals surface area contributed by atoms with Gasteiger partial charge >= 0.3 is 0 Å². The van der Waals surface area contributed by atoms with E-state index >= 15 is 52.7 Å². The fraction of sp³-hybridized carbons (Fsp3) is 0.333. The summed E-state index contributed by atoms with van der Waals surface area (Å²) in [5.41, 5.74) is -0.298. The van der Waals surface area contributed by atoms with Crippen LogP contribution in [0.3, 0.4) is 0 Å². The maximum atomic E-state index is 18.4. The first-order valence-electron chi connectivity index (χ1n) is 52.3. The smallest absolute Gasteiger partial charge is 0.222 e. The first-order chi connectivity index (χ1) is 71.8. The van der Waals surface area contributed by atoms with Crippen molar-refractivity contribution in [1.29, 1.82) is 0 Å². The predicted molar refractivity (Wildman–Crippen MR) is 581 cm³/mol. The largest absolute Gasteiger partial charge is 0.349 e. The molecule has 150 heavy (non-hydrogen) atoms. The van der Waals surface area contributed by atoms with Crippen LogP contribution in [-0.2, 0) is 67.3 Å². The van der Waals surface area contributed by atoms with Crippen LogP contribution in [0.2, 0.25) is 0 Å². The number of aryl methyl sites for hydroxylation is 6. The molecule has 0 aromatic heterocycles. The van der Waals surface area contributed by atoms with Crippen LogP contribution in [0.15, 0.2) is 146 Å². The van der Waals surface area contributed by atoms with E-state index in [1.165, 1.54) is 29.4 Å². The molecule has 0 fully saturated rings. The lowest BCUT2D eigenvalue weighted by molar-refractivity contribution is -0.129. The Balaban J connectivity index is 0.958. The van der Waals surface area contributed by atoms with Gasteiger partial charge in [0.05, 0.1) is 0 Å². The normalized spacial score (nSPS) is 12.2. The molecule has 0 bridgehead atoms. The van der Waals surface area contributed by atoms with Crippen molar-refractivity contribution in [2.75, 3.05) is 84.6 Å². The van der Waals surface area contributed by atoms with E-state index in [-0.39, 0.29) is 213 Å². The fourth-order valence-corrected chi connectivity index (χ4v) is 23.2. The first-order valence-corrected chi connectivity index (χ1v) is 52.3. The predicted octanol–water partition coefficient (Wildman–Crippen LogP) is 31.0. The van der Waals surface area contributed by atoms with E-state index in [1.807, 2.05) is 0 Å². The van der Waals surface area contributed by atoms with Gasteiger partial charge in [-0.25, -0.2) is 52.7 Å². The van der Waals surface area contributed by atoms with Gasteiger partial charge in [-0.15, -0.1) is 0 Å². The minimum Gasteiger partial charge on any atom is -0.349 e. The van der Waals surface area contributed by atoms with Crippen LogP contribution >= 0.6 is 0 Å². The maximum absolute atomic E-state index is 18.4. The zero-order chi connectivity index (χ0) is 106. The van der Waals surface area contributed by atoms with Gasteiger partial charge in [0.2, 0.25) is 35.4 Å². The highest BCUT2D eigenvalue weighted by Crippen LogP contribution is 2.63. The first kappa shape index (κ1) is 104. The van der Waals surface area contributed by atoms with Gasteiger partial charge in [-0.3, -0.25) is 28.8 Å². The van der Waals surface area contributed by atoms with Crippen molar-refractivity contribution < 1.29 is 81.5 Å². The standard InChI is InChI=1S/C126H120F12N6O6/c1-139(2)109(145)37-25-13-19-31-67-55-103(133)79(61-97(67)127)73-43-85-87-45-74(80-62-98(128)68(56-104(80)134)32-20-14-26-38-110(146)140(3)4)47-89-91-49-76(82-64-100(130)70(58-106(82)136)34-22-16-28-40-112(148)142(7)8)51-93-95-53-78(84-66-102(132)72(60-108(84)138)36-24-18-30-42-114(150)144(11)12)54-96-94-52-77(83-65-101(131)71(59-107(83)137)35-23-17-29-41-113(149)143(9)10)50-92-90-48-75(81-63-99(129)69(57-105(81)135)33-21-15-27-39-111(147)141(5)6)46-88-86(44-73)115(85)121-122(116(87)89)124(118(91)93)126(120(95)96)125(119(92)94)123(121)117(88)90/h43-66H,13-42H2,1-12H3. The molecular formula is C126H120F12N6O6. The van der Waals surface area contributed by atoms with Gasteiger partial charge in [-0.05, 0) is 457 Å². The minimum absolute atomic E-state index is 0.0591. The van der Waals surface area contributed by atoms with Crippen LogP contribution in [0.4, 0.5) is 52.7 Å². The molecule has 6 amide bonds. The van der Waals surface area contributed by atoms with Gasteiger partial charge in [0.1, 0.15) is 69.8 Å². The van der Waals surface area contributed by atoms with Gasteiger partial charge in [-0.2, -0.15) is 0 Å². The molecule has 12 nitrogen and oxygen atoms in total. The zero-order valence-electron chi connectivity index (χ0n) is 86.7. The second-order valence-corrected chi connectivity index (χ2v) is 42.6. The van der Waals surface area contributed by atoms with E-state index in [1.54, 1.807) is 157 Å². The summed E-state index contributed by atoms with van der Waals surface area (Å²) in [6.07, 6.45) is 10.5. The molecule has 0 unspecified atom stereocenters. The van der Waals surface area contributed by atoms with Crippen LogP contribution < -0.4 is 0 Å².